The molecule has 3 rings (SSSR count). The standard InChI is InChI=1S/C15H11FN4O/c1-21-13-7-9(8-17)5-6-11(13)20-12-4-2-3-10(16)14(12)19-15(20)18/h2-7H,1H3,(H2,18,19). The number of para-hydroxylation sites is 1. The zero-order valence-electron chi connectivity index (χ0n) is 11.2. The van der Waals surface area contributed by atoms with Crippen molar-refractivity contribution in [3.05, 3.63) is 47.8 Å². The molecule has 104 valence electrons. The van der Waals surface area contributed by atoms with Gasteiger partial charge in [0.2, 0.25) is 5.95 Å². The fraction of sp³-hybridized carbons (Fsp3) is 0.0667. The minimum absolute atomic E-state index is 0.151. The van der Waals surface area contributed by atoms with E-state index in [2.05, 4.69) is 4.98 Å². The van der Waals surface area contributed by atoms with Crippen molar-refractivity contribution in [2.45, 2.75) is 0 Å². The van der Waals surface area contributed by atoms with Gasteiger partial charge in [-0.25, -0.2) is 9.37 Å². The third-order valence-electron chi connectivity index (χ3n) is 3.21. The first kappa shape index (κ1) is 12.9. The summed E-state index contributed by atoms with van der Waals surface area (Å²) in [6.07, 6.45) is 0. The lowest BCUT2D eigenvalue weighted by atomic mass is 10.2. The molecule has 2 aromatic carbocycles. The van der Waals surface area contributed by atoms with Crippen LogP contribution in [0.4, 0.5) is 10.3 Å². The Bertz CT molecular complexity index is 879. The molecule has 0 aliphatic heterocycles. The van der Waals surface area contributed by atoms with Crippen LogP contribution in [0.25, 0.3) is 16.7 Å². The summed E-state index contributed by atoms with van der Waals surface area (Å²) in [6.45, 7) is 0. The highest BCUT2D eigenvalue weighted by molar-refractivity contribution is 5.82. The lowest BCUT2D eigenvalue weighted by molar-refractivity contribution is 0.413. The lowest BCUT2D eigenvalue weighted by Crippen LogP contribution is -2.03. The number of rotatable bonds is 2. The van der Waals surface area contributed by atoms with Crippen LogP contribution in [0, 0.1) is 17.1 Å². The predicted molar refractivity (Wildman–Crippen MR) is 76.7 cm³/mol. The van der Waals surface area contributed by atoms with Gasteiger partial charge in [-0.05, 0) is 24.3 Å². The van der Waals surface area contributed by atoms with Gasteiger partial charge in [0.1, 0.15) is 11.3 Å². The molecule has 0 saturated carbocycles. The molecule has 0 amide bonds. The molecule has 0 bridgehead atoms. The van der Waals surface area contributed by atoms with E-state index in [-0.39, 0.29) is 11.5 Å². The molecule has 0 unspecified atom stereocenters. The summed E-state index contributed by atoms with van der Waals surface area (Å²) in [5, 5.41) is 8.94. The first-order valence-electron chi connectivity index (χ1n) is 6.16. The van der Waals surface area contributed by atoms with Crippen LogP contribution in [0.3, 0.4) is 0 Å². The minimum Gasteiger partial charge on any atom is -0.495 e. The quantitative estimate of drug-likeness (QED) is 0.783. The zero-order valence-corrected chi connectivity index (χ0v) is 11.2. The maximum Gasteiger partial charge on any atom is 0.206 e. The number of nitrogens with two attached hydrogens (primary N) is 1. The van der Waals surface area contributed by atoms with Crippen LogP contribution < -0.4 is 10.5 Å². The summed E-state index contributed by atoms with van der Waals surface area (Å²) in [7, 11) is 1.50. The molecule has 1 heterocycles. The van der Waals surface area contributed by atoms with Gasteiger partial charge < -0.3 is 10.5 Å². The molecule has 0 aliphatic rings. The Kier molecular flexibility index (Phi) is 2.95. The summed E-state index contributed by atoms with van der Waals surface area (Å²) >= 11 is 0. The number of nitriles is 1. The van der Waals surface area contributed by atoms with Crippen molar-refractivity contribution in [3.8, 4) is 17.5 Å². The molecule has 0 atom stereocenters. The smallest absolute Gasteiger partial charge is 0.206 e. The Hall–Kier alpha value is -3.07. The molecule has 5 nitrogen and oxygen atoms in total. The highest BCUT2D eigenvalue weighted by atomic mass is 19.1. The molecule has 0 radical (unpaired) electrons. The maximum absolute atomic E-state index is 13.8. The Morgan fingerprint density at radius 1 is 1.33 bits per heavy atom. The number of halogens is 1. The van der Waals surface area contributed by atoms with Crippen molar-refractivity contribution in [1.29, 1.82) is 5.26 Å². The van der Waals surface area contributed by atoms with E-state index in [1.54, 1.807) is 34.9 Å². The van der Waals surface area contributed by atoms with Crippen molar-refractivity contribution >= 4 is 17.0 Å². The topological polar surface area (TPSA) is 76.9 Å². The van der Waals surface area contributed by atoms with E-state index >= 15 is 0 Å². The normalized spacial score (nSPS) is 10.5. The van der Waals surface area contributed by atoms with Gasteiger partial charge in [0.15, 0.2) is 5.82 Å². The molecular weight excluding hydrogens is 271 g/mol. The molecule has 1 aromatic heterocycles. The number of hydrogen-bond acceptors (Lipinski definition) is 4. The number of aromatic nitrogens is 2. The van der Waals surface area contributed by atoms with Gasteiger partial charge in [0.05, 0.1) is 29.9 Å². The number of methoxy groups -OCH3 is 1. The monoisotopic (exact) mass is 282 g/mol. The van der Waals surface area contributed by atoms with E-state index in [1.165, 1.54) is 13.2 Å². The van der Waals surface area contributed by atoms with Crippen LogP contribution in [-0.2, 0) is 0 Å². The van der Waals surface area contributed by atoms with Crippen molar-refractivity contribution in [1.82, 2.24) is 9.55 Å². The van der Waals surface area contributed by atoms with Gasteiger partial charge in [-0.2, -0.15) is 5.26 Å². The van der Waals surface area contributed by atoms with E-state index < -0.39 is 5.82 Å². The van der Waals surface area contributed by atoms with Gasteiger partial charge in [-0.1, -0.05) is 6.07 Å². The van der Waals surface area contributed by atoms with Crippen LogP contribution in [0.5, 0.6) is 5.75 Å². The first-order valence-corrected chi connectivity index (χ1v) is 6.16. The van der Waals surface area contributed by atoms with Gasteiger partial charge in [0.25, 0.3) is 0 Å². The Morgan fingerprint density at radius 2 is 2.14 bits per heavy atom. The average molecular weight is 282 g/mol. The summed E-state index contributed by atoms with van der Waals surface area (Å²) in [5.41, 5.74) is 7.71. The fourth-order valence-electron chi connectivity index (χ4n) is 2.27. The molecule has 0 fully saturated rings. The minimum atomic E-state index is -0.439. The van der Waals surface area contributed by atoms with Gasteiger partial charge in [-0.3, -0.25) is 4.57 Å². The highest BCUT2D eigenvalue weighted by Crippen LogP contribution is 2.31. The highest BCUT2D eigenvalue weighted by Gasteiger charge is 2.16. The number of imidazole rings is 1. The fourth-order valence-corrected chi connectivity index (χ4v) is 2.27. The van der Waals surface area contributed by atoms with Crippen LogP contribution in [0.1, 0.15) is 5.56 Å². The molecule has 0 spiro atoms. The van der Waals surface area contributed by atoms with E-state index in [0.29, 0.717) is 22.5 Å². The van der Waals surface area contributed by atoms with Crippen molar-refractivity contribution in [2.75, 3.05) is 12.8 Å². The van der Waals surface area contributed by atoms with Gasteiger partial charge in [0, 0.05) is 6.07 Å². The van der Waals surface area contributed by atoms with Crippen molar-refractivity contribution < 1.29 is 9.13 Å². The van der Waals surface area contributed by atoms with Gasteiger partial charge >= 0.3 is 0 Å². The van der Waals surface area contributed by atoms with Crippen LogP contribution >= 0.6 is 0 Å². The number of nitrogens with zero attached hydrogens (tertiary/aromatic N) is 3. The molecule has 2 N–H and O–H groups in total. The Labute approximate surface area is 120 Å². The SMILES string of the molecule is COc1cc(C#N)ccc1-n1c(N)nc2c(F)cccc21. The Balaban J connectivity index is 2.33. The number of hydrogen-bond donors (Lipinski definition) is 1. The largest absolute Gasteiger partial charge is 0.495 e. The number of ether oxygens (including phenoxy) is 1. The zero-order chi connectivity index (χ0) is 15.0. The van der Waals surface area contributed by atoms with Crippen LogP contribution in [0.15, 0.2) is 36.4 Å². The van der Waals surface area contributed by atoms with E-state index in [9.17, 15) is 4.39 Å². The summed E-state index contributed by atoms with van der Waals surface area (Å²) in [5.74, 6) is 0.174. The molecule has 6 heteroatoms. The third kappa shape index (κ3) is 1.96. The molecular formula is C15H11FN4O. The Morgan fingerprint density at radius 3 is 2.86 bits per heavy atom. The van der Waals surface area contributed by atoms with E-state index in [1.807, 2.05) is 6.07 Å². The number of fused-ring (bicyclic) bond motifs is 1. The second kappa shape index (κ2) is 4.80. The maximum atomic E-state index is 13.8. The number of nitrogen functional groups attached to an aromatic ring is 1. The van der Waals surface area contributed by atoms with Crippen LogP contribution in [0.2, 0.25) is 0 Å². The van der Waals surface area contributed by atoms with Gasteiger partial charge in [-0.15, -0.1) is 0 Å². The summed E-state index contributed by atoms with van der Waals surface area (Å²) in [6, 6.07) is 11.6. The average Bonchev–Trinajstić information content (AvgIpc) is 2.84. The van der Waals surface area contributed by atoms with E-state index in [4.69, 9.17) is 15.7 Å². The first-order chi connectivity index (χ1) is 10.2. The second-order valence-electron chi connectivity index (χ2n) is 4.41. The number of benzene rings is 2. The third-order valence-corrected chi connectivity index (χ3v) is 3.21. The number of anilines is 1. The van der Waals surface area contributed by atoms with Crippen molar-refractivity contribution in [2.24, 2.45) is 0 Å². The predicted octanol–water partition coefficient (Wildman–Crippen LogP) is 2.63. The summed E-state index contributed by atoms with van der Waals surface area (Å²) in [4.78, 5) is 4.05. The second-order valence-corrected chi connectivity index (χ2v) is 4.41. The lowest BCUT2D eigenvalue weighted by Gasteiger charge is -2.11. The molecule has 0 aliphatic carbocycles. The molecule has 0 saturated heterocycles. The van der Waals surface area contributed by atoms with Crippen LogP contribution in [-0.4, -0.2) is 16.7 Å². The molecule has 21 heavy (non-hydrogen) atoms. The van der Waals surface area contributed by atoms with E-state index in [0.717, 1.165) is 0 Å². The van der Waals surface area contributed by atoms with Crippen molar-refractivity contribution in [3.63, 3.8) is 0 Å². The molecule has 3 aromatic rings. The summed E-state index contributed by atoms with van der Waals surface area (Å²) < 4.78 is 20.7.